The molecular formula is C13H18ClNO. The van der Waals surface area contributed by atoms with Gasteiger partial charge in [0.2, 0.25) is 0 Å². The largest absolute Gasteiger partial charge is 0.380 e. The van der Waals surface area contributed by atoms with E-state index >= 15 is 0 Å². The van der Waals surface area contributed by atoms with Crippen LogP contribution in [-0.2, 0) is 4.74 Å². The molecule has 1 N–H and O–H groups in total. The van der Waals surface area contributed by atoms with Gasteiger partial charge in [-0.1, -0.05) is 30.7 Å². The maximum atomic E-state index is 5.97. The van der Waals surface area contributed by atoms with E-state index in [1.807, 2.05) is 18.2 Å². The van der Waals surface area contributed by atoms with Gasteiger partial charge >= 0.3 is 0 Å². The van der Waals surface area contributed by atoms with Crippen molar-refractivity contribution in [1.82, 2.24) is 5.32 Å². The Hall–Kier alpha value is -0.570. The van der Waals surface area contributed by atoms with E-state index in [4.69, 9.17) is 16.3 Å². The highest BCUT2D eigenvalue weighted by molar-refractivity contribution is 6.30. The summed E-state index contributed by atoms with van der Waals surface area (Å²) in [6, 6.07) is 8.33. The van der Waals surface area contributed by atoms with Crippen LogP contribution in [0.15, 0.2) is 24.3 Å². The molecule has 1 aromatic carbocycles. The van der Waals surface area contributed by atoms with Gasteiger partial charge in [0, 0.05) is 23.0 Å². The molecule has 1 heterocycles. The van der Waals surface area contributed by atoms with Crippen LogP contribution in [0.5, 0.6) is 0 Å². The number of rotatable bonds is 4. The monoisotopic (exact) mass is 239 g/mol. The molecule has 0 aliphatic carbocycles. The fourth-order valence-electron chi connectivity index (χ4n) is 1.85. The first-order valence-electron chi connectivity index (χ1n) is 5.66. The van der Waals surface area contributed by atoms with Gasteiger partial charge in [0.25, 0.3) is 0 Å². The minimum absolute atomic E-state index is 0.312. The van der Waals surface area contributed by atoms with E-state index in [1.165, 1.54) is 5.56 Å². The van der Waals surface area contributed by atoms with Gasteiger partial charge in [0.1, 0.15) is 0 Å². The zero-order chi connectivity index (χ0) is 11.6. The molecule has 1 fully saturated rings. The lowest BCUT2D eigenvalue weighted by molar-refractivity contribution is -0.0999. The second-order valence-electron chi connectivity index (χ2n) is 4.96. The summed E-state index contributed by atoms with van der Waals surface area (Å²) < 4.78 is 5.23. The Kier molecular flexibility index (Phi) is 3.53. The minimum atomic E-state index is 0.312. The summed E-state index contributed by atoms with van der Waals surface area (Å²) in [6.45, 7) is 7.12. The lowest BCUT2D eigenvalue weighted by Crippen LogP contribution is -2.47. The molecule has 88 valence electrons. The Morgan fingerprint density at radius 1 is 1.50 bits per heavy atom. The van der Waals surface area contributed by atoms with Crippen LogP contribution in [0.2, 0.25) is 5.02 Å². The van der Waals surface area contributed by atoms with Gasteiger partial charge in [-0.15, -0.1) is 0 Å². The molecule has 1 aliphatic rings. The van der Waals surface area contributed by atoms with Crippen molar-refractivity contribution in [1.29, 1.82) is 0 Å². The third kappa shape index (κ3) is 2.76. The number of benzene rings is 1. The molecule has 1 unspecified atom stereocenters. The van der Waals surface area contributed by atoms with Crippen LogP contribution < -0.4 is 5.32 Å². The molecule has 1 aliphatic heterocycles. The number of nitrogens with one attached hydrogen (secondary N) is 1. The summed E-state index contributed by atoms with van der Waals surface area (Å²) in [5.41, 5.74) is 1.55. The first-order chi connectivity index (χ1) is 7.59. The van der Waals surface area contributed by atoms with Gasteiger partial charge in [-0.2, -0.15) is 0 Å². The molecule has 3 heteroatoms. The molecule has 0 amide bonds. The summed E-state index contributed by atoms with van der Waals surface area (Å²) >= 11 is 5.97. The van der Waals surface area contributed by atoms with Gasteiger partial charge in [0.05, 0.1) is 13.2 Å². The molecule has 1 aromatic rings. The van der Waals surface area contributed by atoms with Crippen molar-refractivity contribution in [2.75, 3.05) is 19.8 Å². The van der Waals surface area contributed by atoms with Crippen molar-refractivity contribution in [2.45, 2.75) is 19.9 Å². The molecular weight excluding hydrogens is 222 g/mol. The highest BCUT2D eigenvalue weighted by Crippen LogP contribution is 2.26. The number of hydrogen-bond acceptors (Lipinski definition) is 2. The zero-order valence-electron chi connectivity index (χ0n) is 9.79. The highest BCUT2D eigenvalue weighted by atomic mass is 35.5. The standard InChI is InChI=1S/C13H18ClNO/c1-10(11-4-3-5-12(14)6-11)15-7-13(2)8-16-9-13/h3-6,10,15H,7-9H2,1-2H3. The Morgan fingerprint density at radius 3 is 2.81 bits per heavy atom. The van der Waals surface area contributed by atoms with Crippen LogP contribution >= 0.6 is 11.6 Å². The summed E-state index contributed by atoms with van der Waals surface area (Å²) in [5, 5.41) is 4.33. The SMILES string of the molecule is CC(NCC1(C)COC1)c1cccc(Cl)c1. The van der Waals surface area contributed by atoms with Crippen LogP contribution in [-0.4, -0.2) is 19.8 Å². The molecule has 2 rings (SSSR count). The molecule has 2 nitrogen and oxygen atoms in total. The van der Waals surface area contributed by atoms with Crippen molar-refractivity contribution < 1.29 is 4.74 Å². The summed E-state index contributed by atoms with van der Waals surface area (Å²) in [7, 11) is 0. The fraction of sp³-hybridized carbons (Fsp3) is 0.538. The van der Waals surface area contributed by atoms with Crippen LogP contribution in [0.4, 0.5) is 0 Å². The smallest absolute Gasteiger partial charge is 0.0554 e. The Morgan fingerprint density at radius 2 is 2.25 bits per heavy atom. The van der Waals surface area contributed by atoms with E-state index in [2.05, 4.69) is 25.2 Å². The van der Waals surface area contributed by atoms with E-state index in [9.17, 15) is 0 Å². The van der Waals surface area contributed by atoms with Crippen molar-refractivity contribution >= 4 is 11.6 Å². The van der Waals surface area contributed by atoms with Crippen molar-refractivity contribution in [3.8, 4) is 0 Å². The topological polar surface area (TPSA) is 21.3 Å². The van der Waals surface area contributed by atoms with Gasteiger partial charge in [-0.3, -0.25) is 0 Å². The van der Waals surface area contributed by atoms with Gasteiger partial charge in [0.15, 0.2) is 0 Å². The molecule has 0 bridgehead atoms. The maximum Gasteiger partial charge on any atom is 0.0554 e. The summed E-state index contributed by atoms with van der Waals surface area (Å²) in [5.74, 6) is 0. The van der Waals surface area contributed by atoms with Crippen LogP contribution in [0.1, 0.15) is 25.5 Å². The number of hydrogen-bond donors (Lipinski definition) is 1. The van der Waals surface area contributed by atoms with E-state index in [1.54, 1.807) is 0 Å². The fourth-order valence-corrected chi connectivity index (χ4v) is 2.04. The van der Waals surface area contributed by atoms with Gasteiger partial charge < -0.3 is 10.1 Å². The highest BCUT2D eigenvalue weighted by Gasteiger charge is 2.33. The third-order valence-corrected chi connectivity index (χ3v) is 3.32. The number of halogens is 1. The Balaban J connectivity index is 1.90. The van der Waals surface area contributed by atoms with E-state index in [-0.39, 0.29) is 0 Å². The second kappa shape index (κ2) is 4.74. The van der Waals surface area contributed by atoms with E-state index in [0.717, 1.165) is 24.8 Å². The molecule has 16 heavy (non-hydrogen) atoms. The first kappa shape index (κ1) is 11.9. The summed E-state index contributed by atoms with van der Waals surface area (Å²) in [4.78, 5) is 0. The average Bonchev–Trinajstić information content (AvgIpc) is 2.23. The normalized spacial score (nSPS) is 20.2. The first-order valence-corrected chi connectivity index (χ1v) is 6.03. The Labute approximate surface area is 102 Å². The zero-order valence-corrected chi connectivity index (χ0v) is 10.6. The van der Waals surface area contributed by atoms with Crippen LogP contribution in [0.25, 0.3) is 0 Å². The molecule has 0 aromatic heterocycles. The lowest BCUT2D eigenvalue weighted by Gasteiger charge is -2.39. The summed E-state index contributed by atoms with van der Waals surface area (Å²) in [6.07, 6.45) is 0. The molecule has 0 radical (unpaired) electrons. The molecule has 0 spiro atoms. The molecule has 0 saturated carbocycles. The van der Waals surface area contributed by atoms with Crippen LogP contribution in [0, 0.1) is 5.41 Å². The third-order valence-electron chi connectivity index (χ3n) is 3.08. The maximum absolute atomic E-state index is 5.97. The van der Waals surface area contributed by atoms with Crippen LogP contribution in [0.3, 0.4) is 0 Å². The van der Waals surface area contributed by atoms with Gasteiger partial charge in [-0.25, -0.2) is 0 Å². The lowest BCUT2D eigenvalue weighted by atomic mass is 9.88. The van der Waals surface area contributed by atoms with E-state index < -0.39 is 0 Å². The number of ether oxygens (including phenoxy) is 1. The predicted molar refractivity (Wildman–Crippen MR) is 66.8 cm³/mol. The molecule has 1 saturated heterocycles. The van der Waals surface area contributed by atoms with Crippen molar-refractivity contribution in [2.24, 2.45) is 5.41 Å². The molecule has 1 atom stereocenters. The quantitative estimate of drug-likeness (QED) is 0.872. The van der Waals surface area contributed by atoms with Gasteiger partial charge in [-0.05, 0) is 24.6 Å². The Bertz CT molecular complexity index is 363. The average molecular weight is 240 g/mol. The second-order valence-corrected chi connectivity index (χ2v) is 5.40. The van der Waals surface area contributed by atoms with Crippen molar-refractivity contribution in [3.05, 3.63) is 34.9 Å². The predicted octanol–water partition coefficient (Wildman–Crippen LogP) is 3.03. The minimum Gasteiger partial charge on any atom is -0.380 e. The van der Waals surface area contributed by atoms with Crippen molar-refractivity contribution in [3.63, 3.8) is 0 Å². The van der Waals surface area contributed by atoms with E-state index in [0.29, 0.717) is 11.5 Å².